The van der Waals surface area contributed by atoms with E-state index < -0.39 is 161 Å². The van der Waals surface area contributed by atoms with Gasteiger partial charge in [0.2, 0.25) is 0 Å². The number of carboxylic acids is 12. The fraction of sp³-hybridized carbons (Fsp3) is 0.400. The smallest absolute Gasteiger partial charge is 0.331 e. The number of carbonyl (C=O) groups is 12. The number of hydrogen-bond acceptors (Lipinski definition) is 19. The predicted molar refractivity (Wildman–Crippen MR) is 232 cm³/mol. The number of aliphatic hydroxyl groups is 6. The van der Waals surface area contributed by atoms with E-state index in [4.69, 9.17) is 96.7 Å². The molecule has 31 heteroatoms. The van der Waals surface area contributed by atoms with Crippen molar-refractivity contribution in [3.63, 3.8) is 0 Å². The van der Waals surface area contributed by atoms with Crippen molar-refractivity contribution in [1.82, 2.24) is 0 Å². The van der Waals surface area contributed by atoms with E-state index in [9.17, 15) is 57.5 Å². The average molecular weight is 1030 g/mol. The summed E-state index contributed by atoms with van der Waals surface area (Å²) in [6, 6.07) is 0. The number of hydrogen-bond donors (Lipinski definition) is 18. The first-order valence-corrected chi connectivity index (χ1v) is 18.3. The molecule has 0 aromatic rings. The number of ether oxygens (including phenoxy) is 1. The Labute approximate surface area is 400 Å². The van der Waals surface area contributed by atoms with Gasteiger partial charge in [-0.05, 0) is 0 Å². The zero-order chi connectivity index (χ0) is 58.0. The molecule has 0 amide bonds. The Bertz CT molecular complexity index is 1570. The molecule has 0 atom stereocenters. The van der Waals surface area contributed by atoms with Crippen LogP contribution in [0.4, 0.5) is 0 Å². The van der Waals surface area contributed by atoms with Gasteiger partial charge in [-0.15, -0.1) is 0 Å². The molecular formula is C40H58O31. The highest BCUT2D eigenvalue weighted by atomic mass is 16.5. The van der Waals surface area contributed by atoms with Gasteiger partial charge in [0.25, 0.3) is 0 Å². The number of carboxylic acid groups (broad SMARTS) is 12. The van der Waals surface area contributed by atoms with E-state index in [0.717, 1.165) is 0 Å². The van der Waals surface area contributed by atoms with Gasteiger partial charge in [-0.25, -0.2) is 28.8 Å². The Hall–Kier alpha value is -8.20. The summed E-state index contributed by atoms with van der Waals surface area (Å²) in [6.07, 6.45) is -3.03. The molecule has 0 radical (unpaired) electrons. The molecular weight excluding hydrogens is 976 g/mol. The van der Waals surface area contributed by atoms with Gasteiger partial charge in [0.15, 0.2) is 0 Å². The molecule has 0 unspecified atom stereocenters. The molecule has 71 heavy (non-hydrogen) atoms. The van der Waals surface area contributed by atoms with E-state index >= 15 is 0 Å². The Morgan fingerprint density at radius 1 is 0.268 bits per heavy atom. The topological polar surface area (TPSA) is 578 Å². The third-order valence-corrected chi connectivity index (χ3v) is 6.83. The minimum absolute atomic E-state index is 0.141. The van der Waals surface area contributed by atoms with E-state index in [1.54, 1.807) is 0 Å². The van der Waals surface area contributed by atoms with Gasteiger partial charge in [-0.2, -0.15) is 0 Å². The van der Waals surface area contributed by atoms with E-state index in [2.05, 4.69) is 39.5 Å². The lowest BCUT2D eigenvalue weighted by Gasteiger charge is -2.31. The van der Waals surface area contributed by atoms with Crippen LogP contribution < -0.4 is 0 Å². The molecule has 0 saturated heterocycles. The largest absolute Gasteiger partial charge is 0.481 e. The molecule has 0 aliphatic rings. The summed E-state index contributed by atoms with van der Waals surface area (Å²) in [6.45, 7) is 15.1. The molecule has 0 fully saturated rings. The minimum Gasteiger partial charge on any atom is -0.481 e. The van der Waals surface area contributed by atoms with E-state index in [0.29, 0.717) is 0 Å². The van der Waals surface area contributed by atoms with Crippen LogP contribution in [0, 0.1) is 10.8 Å². The Balaban J connectivity index is -0.000000137. The van der Waals surface area contributed by atoms with Crippen LogP contribution in [0.1, 0.15) is 38.5 Å². The van der Waals surface area contributed by atoms with Gasteiger partial charge in [-0.3, -0.25) is 28.8 Å². The summed E-state index contributed by atoms with van der Waals surface area (Å²) < 4.78 is 5.15. The molecule has 0 aromatic carbocycles. The molecule has 18 N–H and O–H groups in total. The zero-order valence-corrected chi connectivity index (χ0v) is 37.5. The Kier molecular flexibility index (Phi) is 46.8. The van der Waals surface area contributed by atoms with Crippen LogP contribution in [-0.4, -0.2) is 216 Å². The number of rotatable bonds is 28. The molecule has 0 bridgehead atoms. The maximum Gasteiger partial charge on any atom is 0.331 e. The average Bonchev–Trinajstić information content (AvgIpc) is 3.24. The second-order valence-electron chi connectivity index (χ2n) is 13.3. The van der Waals surface area contributed by atoms with Crippen molar-refractivity contribution >= 4 is 71.6 Å². The summed E-state index contributed by atoms with van der Waals surface area (Å²) in [4.78, 5) is 118. The summed E-state index contributed by atoms with van der Waals surface area (Å²) in [5, 5.41) is 151. The normalized spacial score (nSPS) is 9.55. The molecule has 0 saturated carbocycles. The maximum atomic E-state index is 9.87. The molecule has 0 aromatic heterocycles. The first-order chi connectivity index (χ1) is 32.3. The minimum atomic E-state index is -1.27. The first-order valence-electron chi connectivity index (χ1n) is 18.3. The van der Waals surface area contributed by atoms with Gasteiger partial charge >= 0.3 is 71.6 Å². The van der Waals surface area contributed by atoms with Crippen molar-refractivity contribution in [2.45, 2.75) is 38.5 Å². The van der Waals surface area contributed by atoms with Crippen molar-refractivity contribution in [3.8, 4) is 0 Å². The van der Waals surface area contributed by atoms with Crippen molar-refractivity contribution in [1.29, 1.82) is 0 Å². The van der Waals surface area contributed by atoms with Crippen LogP contribution in [0.25, 0.3) is 0 Å². The Morgan fingerprint density at radius 2 is 0.380 bits per heavy atom. The van der Waals surface area contributed by atoms with Crippen LogP contribution in [0.2, 0.25) is 0 Å². The highest BCUT2D eigenvalue weighted by molar-refractivity contribution is 5.94. The molecule has 404 valence electrons. The Morgan fingerprint density at radius 3 is 0.437 bits per heavy atom. The lowest BCUT2D eigenvalue weighted by atomic mass is 9.91. The van der Waals surface area contributed by atoms with Gasteiger partial charge in [0.1, 0.15) is 0 Å². The maximum absolute atomic E-state index is 9.87. The molecule has 0 rings (SSSR count). The standard InChI is InChI=1S/C10H22O7.6C5H6O4/c11-1-9(2-12,3-13)7-17-8-10(4-14,5-15)6-16;6*1-3(5(8)9)2-4(6)7/h11-16H,1-8H2;6*1-2H2,(H,6,7)(H,8,9). The number of aliphatic carboxylic acids is 12. The van der Waals surface area contributed by atoms with Crippen LogP contribution >= 0.6 is 0 Å². The summed E-state index contributed by atoms with van der Waals surface area (Å²) in [7, 11) is 0. The highest BCUT2D eigenvalue weighted by Crippen LogP contribution is 2.20. The third kappa shape index (κ3) is 51.0. The lowest BCUT2D eigenvalue weighted by Crippen LogP contribution is -2.43. The molecule has 0 aliphatic heterocycles. The predicted octanol–water partition coefficient (Wildman–Crippen LogP) is -2.46. The van der Waals surface area contributed by atoms with E-state index in [1.807, 2.05) is 0 Å². The fourth-order valence-corrected chi connectivity index (χ4v) is 2.61. The van der Waals surface area contributed by atoms with Crippen LogP contribution in [0.5, 0.6) is 0 Å². The quantitative estimate of drug-likeness (QED) is 0.0361. The highest BCUT2D eigenvalue weighted by Gasteiger charge is 2.33. The second kappa shape index (κ2) is 43.1. The number of aliphatic hydroxyl groups excluding tert-OH is 6. The van der Waals surface area contributed by atoms with Crippen molar-refractivity contribution in [2.75, 3.05) is 52.9 Å². The lowest BCUT2D eigenvalue weighted by molar-refractivity contribution is -0.139. The van der Waals surface area contributed by atoms with E-state index in [1.165, 1.54) is 0 Å². The fourth-order valence-electron chi connectivity index (χ4n) is 2.61. The van der Waals surface area contributed by atoms with Crippen LogP contribution in [0.3, 0.4) is 0 Å². The van der Waals surface area contributed by atoms with Crippen molar-refractivity contribution in [2.24, 2.45) is 10.8 Å². The summed E-state index contributed by atoms with van der Waals surface area (Å²) in [5.74, 6) is -14.7. The second-order valence-corrected chi connectivity index (χ2v) is 13.3. The summed E-state index contributed by atoms with van der Waals surface area (Å²) in [5.41, 5.74) is -4.14. The van der Waals surface area contributed by atoms with Gasteiger partial charge in [0, 0.05) is 33.4 Å². The van der Waals surface area contributed by atoms with Crippen LogP contribution in [0.15, 0.2) is 72.9 Å². The van der Waals surface area contributed by atoms with Gasteiger partial charge in [0.05, 0.1) is 102 Å². The monoisotopic (exact) mass is 1030 g/mol. The zero-order valence-electron chi connectivity index (χ0n) is 37.5. The van der Waals surface area contributed by atoms with Gasteiger partial charge in [-0.1, -0.05) is 39.5 Å². The van der Waals surface area contributed by atoms with Crippen molar-refractivity contribution < 1.29 is 154 Å². The molecule has 0 heterocycles. The first kappa shape index (κ1) is 77.0. The third-order valence-electron chi connectivity index (χ3n) is 6.83. The van der Waals surface area contributed by atoms with Crippen LogP contribution in [-0.2, 0) is 62.3 Å². The van der Waals surface area contributed by atoms with Crippen molar-refractivity contribution in [3.05, 3.63) is 72.9 Å². The van der Waals surface area contributed by atoms with E-state index in [-0.39, 0.29) is 46.7 Å². The molecule has 0 spiro atoms. The molecule has 0 aliphatic carbocycles. The SMILES string of the molecule is C=C(CC(=O)O)C(=O)O.C=C(CC(=O)O)C(=O)O.C=C(CC(=O)O)C(=O)O.C=C(CC(=O)O)C(=O)O.C=C(CC(=O)O)C(=O)O.C=C(CC(=O)O)C(=O)O.OCC(CO)(CO)COCC(CO)(CO)CO. The van der Waals surface area contributed by atoms with Gasteiger partial charge < -0.3 is 96.7 Å². The summed E-state index contributed by atoms with van der Waals surface area (Å²) >= 11 is 0. The molecule has 31 nitrogen and oxygen atoms in total.